The first-order valence-electron chi connectivity index (χ1n) is 14.0. The summed E-state index contributed by atoms with van der Waals surface area (Å²) >= 11 is 0. The highest BCUT2D eigenvalue weighted by molar-refractivity contribution is 5.94. The van der Waals surface area contributed by atoms with Gasteiger partial charge < -0.3 is 15.3 Å². The van der Waals surface area contributed by atoms with Crippen LogP contribution in [-0.2, 0) is 9.59 Å². The molecule has 11 atom stereocenters. The van der Waals surface area contributed by atoms with E-state index in [1.165, 1.54) is 12.8 Å². The molecule has 5 aliphatic carbocycles. The van der Waals surface area contributed by atoms with Crippen molar-refractivity contribution in [2.45, 2.75) is 111 Å². The van der Waals surface area contributed by atoms with E-state index >= 15 is 0 Å². The third-order valence-corrected chi connectivity index (χ3v) is 13.3. The first-order valence-corrected chi connectivity index (χ1v) is 14.0. The van der Waals surface area contributed by atoms with E-state index in [1.807, 2.05) is 0 Å². The van der Waals surface area contributed by atoms with Gasteiger partial charge in [-0.25, -0.2) is 0 Å². The predicted octanol–water partition coefficient (Wildman–Crippen LogP) is 5.38. The van der Waals surface area contributed by atoms with Gasteiger partial charge in [-0.2, -0.15) is 0 Å². The van der Waals surface area contributed by atoms with Crippen molar-refractivity contribution < 1.29 is 24.9 Å². The van der Waals surface area contributed by atoms with Gasteiger partial charge in [0.25, 0.3) is 0 Å². The van der Waals surface area contributed by atoms with Crippen LogP contribution in [0.5, 0.6) is 0 Å². The van der Waals surface area contributed by atoms with Crippen molar-refractivity contribution in [1.82, 2.24) is 0 Å². The number of Topliss-reactive ketones (excluding diaryl/α,β-unsaturated/α-hetero) is 1. The van der Waals surface area contributed by atoms with Crippen LogP contribution >= 0.6 is 0 Å². The number of ketones is 1. The molecule has 196 valence electrons. The minimum Gasteiger partial charge on any atom is -0.481 e. The number of hydrogen-bond donors (Lipinski definition) is 3. The lowest BCUT2D eigenvalue weighted by atomic mass is 9.41. The summed E-state index contributed by atoms with van der Waals surface area (Å²) in [5, 5.41) is 32.5. The smallest absolute Gasteiger partial charge is 0.312 e. The number of fused-ring (bicyclic) bond motifs is 2. The molecule has 5 rings (SSSR count). The average molecular weight is 487 g/mol. The predicted molar refractivity (Wildman–Crippen MR) is 134 cm³/mol. The van der Waals surface area contributed by atoms with Crippen molar-refractivity contribution in [1.29, 1.82) is 0 Å². The Kier molecular flexibility index (Phi) is 5.57. The Hall–Kier alpha value is -1.20. The van der Waals surface area contributed by atoms with Gasteiger partial charge in [0.1, 0.15) is 0 Å². The molecule has 35 heavy (non-hydrogen) atoms. The third-order valence-electron chi connectivity index (χ3n) is 13.3. The van der Waals surface area contributed by atoms with Crippen molar-refractivity contribution in [3.8, 4) is 0 Å². The Morgan fingerprint density at radius 1 is 0.971 bits per heavy atom. The number of carboxylic acids is 1. The monoisotopic (exact) mass is 486 g/mol. The van der Waals surface area contributed by atoms with Gasteiger partial charge in [0.2, 0.25) is 0 Å². The van der Waals surface area contributed by atoms with Crippen molar-refractivity contribution in [3.05, 3.63) is 12.2 Å². The first-order chi connectivity index (χ1) is 16.2. The van der Waals surface area contributed by atoms with E-state index in [4.69, 9.17) is 0 Å². The number of allylic oxidation sites excluding steroid dienone is 1. The van der Waals surface area contributed by atoms with Gasteiger partial charge in [0.15, 0.2) is 5.78 Å². The van der Waals surface area contributed by atoms with Gasteiger partial charge >= 0.3 is 5.97 Å². The van der Waals surface area contributed by atoms with Gasteiger partial charge in [-0.1, -0.05) is 27.4 Å². The van der Waals surface area contributed by atoms with E-state index in [2.05, 4.69) is 27.4 Å². The molecule has 0 saturated heterocycles. The number of carboxylic acid groups (broad SMARTS) is 1. The van der Waals surface area contributed by atoms with Gasteiger partial charge in [0, 0.05) is 18.3 Å². The molecule has 5 fully saturated rings. The normalized spacial score (nSPS) is 52.9. The van der Waals surface area contributed by atoms with Gasteiger partial charge in [-0.05, 0) is 111 Å². The van der Waals surface area contributed by atoms with E-state index in [0.29, 0.717) is 29.7 Å². The molecule has 5 aliphatic rings. The highest BCUT2D eigenvalue weighted by atomic mass is 16.4. The molecule has 5 saturated carbocycles. The minimum absolute atomic E-state index is 0.00842. The maximum atomic E-state index is 12.5. The average Bonchev–Trinajstić information content (AvgIpc) is 3.40. The Morgan fingerprint density at radius 3 is 2.26 bits per heavy atom. The van der Waals surface area contributed by atoms with E-state index < -0.39 is 23.6 Å². The summed E-state index contributed by atoms with van der Waals surface area (Å²) in [6.45, 7) is 14.7. The van der Waals surface area contributed by atoms with E-state index in [1.54, 1.807) is 13.8 Å². The van der Waals surface area contributed by atoms with Crippen LogP contribution < -0.4 is 0 Å². The lowest BCUT2D eigenvalue weighted by molar-refractivity contribution is -0.210. The number of aliphatic hydroxyl groups excluding tert-OH is 2. The SMILES string of the molecule is C=C(C)C(=O)CC[C@@H](C)[C@H]1CC[C@@]2(C)[C@@H]3CC[C@H]4[C@](C)(C(=O)O)[C@@H](O)C[C@H](O)[C@@]45C[C@@]35CC[C@]12C. The molecule has 2 spiro atoms. The van der Waals surface area contributed by atoms with Crippen LogP contribution in [0.4, 0.5) is 0 Å². The summed E-state index contributed by atoms with van der Waals surface area (Å²) in [7, 11) is 0. The zero-order chi connectivity index (χ0) is 25.8. The number of carbonyl (C=O) groups is 2. The number of aliphatic carboxylic acids is 1. The molecule has 0 radical (unpaired) electrons. The fraction of sp³-hybridized carbons (Fsp3) is 0.867. The molecular formula is C30H46O5. The van der Waals surface area contributed by atoms with Crippen molar-refractivity contribution in [3.63, 3.8) is 0 Å². The molecule has 5 nitrogen and oxygen atoms in total. The van der Waals surface area contributed by atoms with Crippen LogP contribution in [0, 0.1) is 50.7 Å². The number of carbonyl (C=O) groups excluding carboxylic acids is 1. The largest absolute Gasteiger partial charge is 0.481 e. The molecule has 0 amide bonds. The van der Waals surface area contributed by atoms with Crippen molar-refractivity contribution >= 4 is 11.8 Å². The molecule has 5 heteroatoms. The molecular weight excluding hydrogens is 440 g/mol. The summed E-state index contributed by atoms with van der Waals surface area (Å²) in [5.41, 5.74) is -0.525. The molecule has 0 aromatic heterocycles. The van der Waals surface area contributed by atoms with Crippen LogP contribution in [0.3, 0.4) is 0 Å². The molecule has 0 aromatic carbocycles. The number of hydrogen-bond acceptors (Lipinski definition) is 4. The fourth-order valence-electron chi connectivity index (χ4n) is 11.1. The standard InChI is InChI=1S/C30H46O5/c1-17(2)20(31)8-7-18(3)19-11-12-27(5)21-9-10-22-28(6,25(34)35)23(32)15-24(33)30(22)16-29(21,30)14-13-26(19,27)4/h18-19,21-24,32-33H,1,7-16H2,2-6H3,(H,34,35)/t18-,19-,21+,22+,23+,24+,26-,27+,28+,29+,30-/m1/s1. The fourth-order valence-corrected chi connectivity index (χ4v) is 11.1. The first kappa shape index (κ1) is 25.4. The number of rotatable bonds is 6. The van der Waals surface area contributed by atoms with Crippen LogP contribution in [0.25, 0.3) is 0 Å². The quantitative estimate of drug-likeness (QED) is 0.438. The summed E-state index contributed by atoms with van der Waals surface area (Å²) in [6, 6.07) is 0. The maximum Gasteiger partial charge on any atom is 0.312 e. The second-order valence-electron chi connectivity index (χ2n) is 14.1. The lowest BCUT2D eigenvalue weighted by Gasteiger charge is -2.63. The molecule has 0 unspecified atom stereocenters. The summed E-state index contributed by atoms with van der Waals surface area (Å²) in [6.07, 6.45) is 7.28. The molecule has 0 heterocycles. The van der Waals surface area contributed by atoms with E-state index in [0.717, 1.165) is 38.5 Å². The second kappa shape index (κ2) is 7.66. The van der Waals surface area contributed by atoms with Crippen molar-refractivity contribution in [2.75, 3.05) is 0 Å². The summed E-state index contributed by atoms with van der Waals surface area (Å²) < 4.78 is 0. The summed E-state index contributed by atoms with van der Waals surface area (Å²) in [5.74, 6) is 0.653. The van der Waals surface area contributed by atoms with Crippen LogP contribution in [-0.4, -0.2) is 39.3 Å². The molecule has 0 aromatic rings. The topological polar surface area (TPSA) is 94.8 Å². The zero-order valence-electron chi connectivity index (χ0n) is 22.4. The molecule has 0 aliphatic heterocycles. The Morgan fingerprint density at radius 2 is 1.63 bits per heavy atom. The lowest BCUT2D eigenvalue weighted by Crippen LogP contribution is -2.63. The van der Waals surface area contributed by atoms with E-state index in [9.17, 15) is 24.9 Å². The highest BCUT2D eigenvalue weighted by Gasteiger charge is 2.85. The van der Waals surface area contributed by atoms with Crippen LogP contribution in [0.15, 0.2) is 12.2 Å². The van der Waals surface area contributed by atoms with Gasteiger partial charge in [-0.15, -0.1) is 0 Å². The Balaban J connectivity index is 1.44. The van der Waals surface area contributed by atoms with Crippen molar-refractivity contribution in [2.24, 2.45) is 50.7 Å². The highest BCUT2D eigenvalue weighted by Crippen LogP contribution is 2.89. The minimum atomic E-state index is -1.18. The van der Waals surface area contributed by atoms with Gasteiger partial charge in [-0.3, -0.25) is 9.59 Å². The van der Waals surface area contributed by atoms with Gasteiger partial charge in [0.05, 0.1) is 17.6 Å². The Labute approximate surface area is 210 Å². The molecule has 0 bridgehead atoms. The van der Waals surface area contributed by atoms with E-state index in [-0.39, 0.29) is 39.8 Å². The zero-order valence-corrected chi connectivity index (χ0v) is 22.4. The van der Waals surface area contributed by atoms with Crippen LogP contribution in [0.2, 0.25) is 0 Å². The molecule has 3 N–H and O–H groups in total. The maximum absolute atomic E-state index is 12.5. The van der Waals surface area contributed by atoms with Crippen LogP contribution in [0.1, 0.15) is 98.8 Å². The second-order valence-corrected chi connectivity index (χ2v) is 14.1. The third kappa shape index (κ3) is 2.89. The Bertz CT molecular complexity index is 958. The number of aliphatic hydroxyl groups is 2. The summed E-state index contributed by atoms with van der Waals surface area (Å²) in [4.78, 5) is 24.7.